The molecule has 5 aromatic rings. The summed E-state index contributed by atoms with van der Waals surface area (Å²) in [5.41, 5.74) is 4.56. The number of nitrogens with one attached hydrogen (secondary N) is 2. The van der Waals surface area contributed by atoms with Crippen molar-refractivity contribution in [3.8, 4) is 11.5 Å². The van der Waals surface area contributed by atoms with Crippen molar-refractivity contribution in [3.63, 3.8) is 0 Å². The molecule has 0 saturated carbocycles. The quantitative estimate of drug-likeness (QED) is 0.247. The molecule has 5 heteroatoms. The van der Waals surface area contributed by atoms with Crippen LogP contribution < -0.4 is 20.1 Å². The van der Waals surface area contributed by atoms with Gasteiger partial charge in [-0.3, -0.25) is 4.79 Å². The highest BCUT2D eigenvalue weighted by atomic mass is 16.5. The summed E-state index contributed by atoms with van der Waals surface area (Å²) in [5, 5.41) is 10.6. The molecule has 0 spiro atoms. The molecule has 5 nitrogen and oxygen atoms in total. The Balaban J connectivity index is 1.41. The zero-order valence-electron chi connectivity index (χ0n) is 21.1. The summed E-state index contributed by atoms with van der Waals surface area (Å²) >= 11 is 0. The molecule has 37 heavy (non-hydrogen) atoms. The number of rotatable bonds is 7. The van der Waals surface area contributed by atoms with Crippen molar-refractivity contribution >= 4 is 44.5 Å². The number of benzene rings is 5. The third-order valence-corrected chi connectivity index (χ3v) is 6.49. The molecule has 5 aromatic carbocycles. The molecular formula is C32H28N2O3. The minimum atomic E-state index is -0.243. The summed E-state index contributed by atoms with van der Waals surface area (Å²) in [5.74, 6) is 1.02. The molecule has 0 bridgehead atoms. The van der Waals surface area contributed by atoms with Crippen molar-refractivity contribution in [2.75, 3.05) is 24.9 Å². The molecule has 0 aliphatic carbocycles. The standard InChI is InChI=1S/C32H28N2O3/c1-20-13-14-26(34-32(35)28-16-23-10-6-8-12-25(23)18-31(28)37-4)19-29(20)33-21(2)27-15-22-9-5-7-11-24(22)17-30(27)36-3/h5-19,33H,2H2,1,3-4H3,(H,34,35). The van der Waals surface area contributed by atoms with Gasteiger partial charge in [0.05, 0.1) is 19.8 Å². The molecule has 0 fully saturated rings. The van der Waals surface area contributed by atoms with Crippen molar-refractivity contribution in [1.82, 2.24) is 0 Å². The van der Waals surface area contributed by atoms with E-state index in [0.717, 1.165) is 44.1 Å². The highest BCUT2D eigenvalue weighted by molar-refractivity contribution is 6.09. The normalized spacial score (nSPS) is 10.8. The Kier molecular flexibility index (Phi) is 6.52. The smallest absolute Gasteiger partial charge is 0.259 e. The molecule has 1 amide bonds. The molecule has 0 atom stereocenters. The van der Waals surface area contributed by atoms with Crippen molar-refractivity contribution < 1.29 is 14.3 Å². The fourth-order valence-electron chi connectivity index (χ4n) is 4.45. The maximum atomic E-state index is 13.2. The van der Waals surface area contributed by atoms with Crippen LogP contribution in [0, 0.1) is 6.92 Å². The van der Waals surface area contributed by atoms with E-state index in [-0.39, 0.29) is 5.91 Å². The van der Waals surface area contributed by atoms with Gasteiger partial charge in [0.2, 0.25) is 0 Å². The molecule has 0 aliphatic heterocycles. The molecule has 184 valence electrons. The molecule has 0 aromatic heterocycles. The van der Waals surface area contributed by atoms with Gasteiger partial charge >= 0.3 is 0 Å². The second-order valence-electron chi connectivity index (χ2n) is 8.89. The van der Waals surface area contributed by atoms with Crippen molar-refractivity contribution in [3.05, 3.63) is 114 Å². The lowest BCUT2D eigenvalue weighted by Gasteiger charge is -2.17. The van der Waals surface area contributed by atoms with E-state index < -0.39 is 0 Å². The fourth-order valence-corrected chi connectivity index (χ4v) is 4.45. The minimum Gasteiger partial charge on any atom is -0.496 e. The number of aryl methyl sites for hydroxylation is 1. The summed E-state index contributed by atoms with van der Waals surface area (Å²) in [7, 11) is 3.23. The number of amides is 1. The number of carbonyl (C=O) groups is 1. The van der Waals surface area contributed by atoms with Crippen molar-refractivity contribution in [2.24, 2.45) is 0 Å². The molecule has 0 unspecified atom stereocenters. The van der Waals surface area contributed by atoms with E-state index in [1.54, 1.807) is 14.2 Å². The van der Waals surface area contributed by atoms with Gasteiger partial charge in [0, 0.05) is 22.6 Å². The summed E-state index contributed by atoms with van der Waals surface area (Å²) in [6.07, 6.45) is 0. The van der Waals surface area contributed by atoms with Crippen LogP contribution in [0.15, 0.2) is 97.6 Å². The Morgan fingerprint density at radius 1 is 0.676 bits per heavy atom. The number of carbonyl (C=O) groups excluding carboxylic acids is 1. The van der Waals surface area contributed by atoms with Crippen LogP contribution in [-0.4, -0.2) is 20.1 Å². The minimum absolute atomic E-state index is 0.243. The SMILES string of the molecule is C=C(Nc1cc(NC(=O)c2cc3ccccc3cc2OC)ccc1C)c1cc2ccccc2cc1OC. The van der Waals surface area contributed by atoms with Gasteiger partial charge in [0.1, 0.15) is 11.5 Å². The third-order valence-electron chi connectivity index (χ3n) is 6.49. The van der Waals surface area contributed by atoms with E-state index in [9.17, 15) is 4.79 Å². The summed E-state index contributed by atoms with van der Waals surface area (Å²) < 4.78 is 11.2. The summed E-state index contributed by atoms with van der Waals surface area (Å²) in [4.78, 5) is 13.2. The topological polar surface area (TPSA) is 59.6 Å². The first-order valence-corrected chi connectivity index (χ1v) is 12.0. The first-order valence-electron chi connectivity index (χ1n) is 12.0. The second kappa shape index (κ2) is 10.1. The highest BCUT2D eigenvalue weighted by Crippen LogP contribution is 2.33. The zero-order valence-corrected chi connectivity index (χ0v) is 21.1. The summed E-state index contributed by atoms with van der Waals surface area (Å²) in [6.45, 7) is 6.28. The Bertz CT molecular complexity index is 1660. The van der Waals surface area contributed by atoms with Gasteiger partial charge in [0.25, 0.3) is 5.91 Å². The first-order chi connectivity index (χ1) is 18.0. The highest BCUT2D eigenvalue weighted by Gasteiger charge is 2.15. The lowest BCUT2D eigenvalue weighted by Crippen LogP contribution is -2.13. The zero-order chi connectivity index (χ0) is 25.9. The van der Waals surface area contributed by atoms with E-state index in [1.165, 1.54) is 0 Å². The number of methoxy groups -OCH3 is 2. The molecule has 0 aliphatic rings. The van der Waals surface area contributed by atoms with E-state index >= 15 is 0 Å². The van der Waals surface area contributed by atoms with Gasteiger partial charge in [-0.2, -0.15) is 0 Å². The average Bonchev–Trinajstić information content (AvgIpc) is 2.93. The molecule has 2 N–H and O–H groups in total. The van der Waals surface area contributed by atoms with Crippen LogP contribution in [0.3, 0.4) is 0 Å². The molecule has 0 radical (unpaired) electrons. The average molecular weight is 489 g/mol. The van der Waals surface area contributed by atoms with E-state index in [1.807, 2.05) is 79.7 Å². The predicted molar refractivity (Wildman–Crippen MR) is 153 cm³/mol. The monoisotopic (exact) mass is 488 g/mol. The number of fused-ring (bicyclic) bond motifs is 2. The van der Waals surface area contributed by atoms with E-state index in [2.05, 4.69) is 35.4 Å². The van der Waals surface area contributed by atoms with Gasteiger partial charge in [-0.15, -0.1) is 0 Å². The predicted octanol–water partition coefficient (Wildman–Crippen LogP) is 7.65. The number of ether oxygens (including phenoxy) is 2. The lowest BCUT2D eigenvalue weighted by atomic mass is 10.0. The molecular weight excluding hydrogens is 460 g/mol. The molecule has 0 saturated heterocycles. The van der Waals surface area contributed by atoms with Crippen LogP contribution in [-0.2, 0) is 0 Å². The first kappa shape index (κ1) is 23.9. The van der Waals surface area contributed by atoms with Crippen molar-refractivity contribution in [1.29, 1.82) is 0 Å². The third kappa shape index (κ3) is 4.84. The van der Waals surface area contributed by atoms with Gasteiger partial charge < -0.3 is 20.1 Å². The largest absolute Gasteiger partial charge is 0.496 e. The van der Waals surface area contributed by atoms with Crippen LogP contribution >= 0.6 is 0 Å². The number of anilines is 2. The molecule has 5 rings (SSSR count). The number of hydrogen-bond acceptors (Lipinski definition) is 4. The maximum absolute atomic E-state index is 13.2. The van der Waals surface area contributed by atoms with E-state index in [0.29, 0.717) is 22.7 Å². The van der Waals surface area contributed by atoms with Crippen LogP contribution in [0.1, 0.15) is 21.5 Å². The second-order valence-corrected chi connectivity index (χ2v) is 8.89. The Morgan fingerprint density at radius 2 is 1.19 bits per heavy atom. The fraction of sp³-hybridized carbons (Fsp3) is 0.0938. The van der Waals surface area contributed by atoms with Gasteiger partial charge in [-0.1, -0.05) is 61.2 Å². The molecule has 0 heterocycles. The lowest BCUT2D eigenvalue weighted by molar-refractivity contribution is 0.102. The Hall–Kier alpha value is -4.77. The van der Waals surface area contributed by atoms with E-state index in [4.69, 9.17) is 9.47 Å². The Morgan fingerprint density at radius 3 is 1.76 bits per heavy atom. The van der Waals surface area contributed by atoms with Crippen LogP contribution in [0.5, 0.6) is 11.5 Å². The number of hydrogen-bond donors (Lipinski definition) is 2. The van der Waals surface area contributed by atoms with Crippen LogP contribution in [0.2, 0.25) is 0 Å². The van der Waals surface area contributed by atoms with Gasteiger partial charge in [-0.25, -0.2) is 0 Å². The van der Waals surface area contributed by atoms with Gasteiger partial charge in [-0.05, 0) is 70.4 Å². The summed E-state index contributed by atoms with van der Waals surface area (Å²) in [6, 6.07) is 29.6. The van der Waals surface area contributed by atoms with Crippen LogP contribution in [0.4, 0.5) is 11.4 Å². The van der Waals surface area contributed by atoms with Crippen LogP contribution in [0.25, 0.3) is 27.2 Å². The van der Waals surface area contributed by atoms with Crippen molar-refractivity contribution in [2.45, 2.75) is 6.92 Å². The van der Waals surface area contributed by atoms with Gasteiger partial charge in [0.15, 0.2) is 0 Å². The maximum Gasteiger partial charge on any atom is 0.259 e. The Labute approximate surface area is 216 Å².